The second-order valence-electron chi connectivity index (χ2n) is 4.20. The number of hydrogen-bond donors (Lipinski definition) is 1. The van der Waals surface area contributed by atoms with E-state index in [9.17, 15) is 0 Å². The van der Waals surface area contributed by atoms with Crippen molar-refractivity contribution in [2.45, 2.75) is 26.3 Å². The van der Waals surface area contributed by atoms with Crippen molar-refractivity contribution in [3.63, 3.8) is 0 Å². The van der Waals surface area contributed by atoms with Gasteiger partial charge in [0.1, 0.15) is 5.52 Å². The van der Waals surface area contributed by atoms with Crippen LogP contribution in [0.25, 0.3) is 11.0 Å². The van der Waals surface area contributed by atoms with Crippen molar-refractivity contribution in [2.24, 2.45) is 0 Å². The lowest BCUT2D eigenvalue weighted by Crippen LogP contribution is -2.06. The van der Waals surface area contributed by atoms with Gasteiger partial charge in [0.2, 0.25) is 5.95 Å². The number of anilines is 1. The number of benzene rings is 1. The normalized spacial score (nSPS) is 11.2. The van der Waals surface area contributed by atoms with Crippen LogP contribution in [0.2, 0.25) is 5.02 Å². The minimum atomic E-state index is 0.508. The van der Waals surface area contributed by atoms with Gasteiger partial charge in [-0.2, -0.15) is 0 Å². The fraction of sp³-hybridized carbons (Fsp3) is 0.462. The van der Waals surface area contributed by atoms with Gasteiger partial charge in [-0.1, -0.05) is 24.6 Å². The average molecular weight is 268 g/mol. The van der Waals surface area contributed by atoms with Crippen molar-refractivity contribution in [3.8, 4) is 0 Å². The Morgan fingerprint density at radius 3 is 3.00 bits per heavy atom. The summed E-state index contributed by atoms with van der Waals surface area (Å²) in [6.07, 6.45) is 1.97. The van der Waals surface area contributed by atoms with Gasteiger partial charge in [-0.15, -0.1) is 0 Å². The van der Waals surface area contributed by atoms with Crippen molar-refractivity contribution in [1.82, 2.24) is 9.55 Å². The molecule has 0 saturated heterocycles. The highest BCUT2D eigenvalue weighted by molar-refractivity contribution is 6.35. The molecular formula is C13H18ClN3O. The molecule has 2 aromatic rings. The first-order valence-electron chi connectivity index (χ1n) is 6.22. The van der Waals surface area contributed by atoms with Gasteiger partial charge >= 0.3 is 0 Å². The van der Waals surface area contributed by atoms with E-state index in [1.54, 1.807) is 0 Å². The Hall–Kier alpha value is -1.26. The molecule has 2 rings (SSSR count). The zero-order chi connectivity index (χ0) is 13.0. The third-order valence-electron chi connectivity index (χ3n) is 2.78. The van der Waals surface area contributed by atoms with Crippen LogP contribution in [0.1, 0.15) is 19.8 Å². The molecule has 0 amide bonds. The van der Waals surface area contributed by atoms with Gasteiger partial charge in [0.25, 0.3) is 0 Å². The maximum Gasteiger partial charge on any atom is 0.201 e. The number of halogens is 1. The molecule has 1 heterocycles. The molecule has 0 atom stereocenters. The molecule has 1 aromatic heterocycles. The number of rotatable bonds is 6. The summed E-state index contributed by atoms with van der Waals surface area (Å²) in [5.41, 5.74) is 7.67. The molecule has 0 fully saturated rings. The van der Waals surface area contributed by atoms with Crippen LogP contribution in [0.15, 0.2) is 18.2 Å². The molecule has 5 heteroatoms. The predicted molar refractivity (Wildman–Crippen MR) is 74.9 cm³/mol. The minimum Gasteiger partial charge on any atom is -0.381 e. The number of aromatic nitrogens is 2. The van der Waals surface area contributed by atoms with E-state index in [1.807, 2.05) is 22.8 Å². The topological polar surface area (TPSA) is 53.1 Å². The van der Waals surface area contributed by atoms with E-state index in [-0.39, 0.29) is 0 Å². The Morgan fingerprint density at radius 2 is 2.22 bits per heavy atom. The van der Waals surface area contributed by atoms with E-state index >= 15 is 0 Å². The molecule has 0 aliphatic carbocycles. The minimum absolute atomic E-state index is 0.508. The molecule has 0 unspecified atom stereocenters. The van der Waals surface area contributed by atoms with E-state index in [2.05, 4.69) is 11.9 Å². The molecule has 4 nitrogen and oxygen atoms in total. The molecular weight excluding hydrogens is 250 g/mol. The summed E-state index contributed by atoms with van der Waals surface area (Å²) in [6.45, 7) is 4.45. The molecule has 2 N–H and O–H groups in total. The fourth-order valence-corrected chi connectivity index (χ4v) is 2.15. The van der Waals surface area contributed by atoms with E-state index in [1.165, 1.54) is 0 Å². The first kappa shape index (κ1) is 13.2. The SMILES string of the molecule is CCCOCCCn1c(N)nc2c(Cl)cccc21. The molecule has 0 aliphatic heterocycles. The van der Waals surface area contributed by atoms with Gasteiger partial charge in [0.15, 0.2) is 0 Å². The number of nitrogens with zero attached hydrogens (tertiary/aromatic N) is 2. The maximum absolute atomic E-state index is 6.09. The van der Waals surface area contributed by atoms with E-state index in [0.29, 0.717) is 11.0 Å². The highest BCUT2D eigenvalue weighted by Crippen LogP contribution is 2.24. The quantitative estimate of drug-likeness (QED) is 0.819. The van der Waals surface area contributed by atoms with Crippen LogP contribution in [-0.4, -0.2) is 22.8 Å². The van der Waals surface area contributed by atoms with E-state index in [0.717, 1.165) is 43.6 Å². The number of nitrogen functional groups attached to an aromatic ring is 1. The predicted octanol–water partition coefficient (Wildman–Crippen LogP) is 3.09. The van der Waals surface area contributed by atoms with Crippen LogP contribution >= 0.6 is 11.6 Å². The van der Waals surface area contributed by atoms with Crippen molar-refractivity contribution >= 4 is 28.6 Å². The number of hydrogen-bond acceptors (Lipinski definition) is 3. The molecule has 0 aliphatic rings. The van der Waals surface area contributed by atoms with Crippen molar-refractivity contribution in [2.75, 3.05) is 18.9 Å². The Balaban J connectivity index is 2.08. The summed E-state index contributed by atoms with van der Waals surface area (Å²) >= 11 is 6.09. The first-order chi connectivity index (χ1) is 8.74. The van der Waals surface area contributed by atoms with E-state index in [4.69, 9.17) is 22.1 Å². The van der Waals surface area contributed by atoms with Gasteiger partial charge in [-0.05, 0) is 25.0 Å². The Morgan fingerprint density at radius 1 is 1.39 bits per heavy atom. The number of imidazole rings is 1. The molecule has 0 radical (unpaired) electrons. The summed E-state index contributed by atoms with van der Waals surface area (Å²) in [7, 11) is 0. The summed E-state index contributed by atoms with van der Waals surface area (Å²) < 4.78 is 7.44. The molecule has 1 aromatic carbocycles. The lowest BCUT2D eigenvalue weighted by Gasteiger charge is -2.06. The van der Waals surface area contributed by atoms with E-state index < -0.39 is 0 Å². The van der Waals surface area contributed by atoms with Gasteiger partial charge in [0.05, 0.1) is 10.5 Å². The Labute approximate surface area is 112 Å². The molecule has 0 bridgehead atoms. The number of aryl methyl sites for hydroxylation is 1. The van der Waals surface area contributed by atoms with Gasteiger partial charge < -0.3 is 15.0 Å². The third-order valence-corrected chi connectivity index (χ3v) is 3.08. The van der Waals surface area contributed by atoms with Crippen LogP contribution in [0, 0.1) is 0 Å². The molecule has 0 saturated carbocycles. The molecule has 18 heavy (non-hydrogen) atoms. The van der Waals surface area contributed by atoms with Crippen LogP contribution < -0.4 is 5.73 Å². The summed E-state index contributed by atoms with van der Waals surface area (Å²) in [6, 6.07) is 5.72. The number of nitrogens with two attached hydrogens (primary N) is 1. The van der Waals surface area contributed by atoms with Gasteiger partial charge in [-0.25, -0.2) is 4.98 Å². The zero-order valence-electron chi connectivity index (χ0n) is 10.5. The monoisotopic (exact) mass is 267 g/mol. The lowest BCUT2D eigenvalue weighted by atomic mass is 10.3. The summed E-state index contributed by atoms with van der Waals surface area (Å²) in [5.74, 6) is 0.508. The highest BCUT2D eigenvalue weighted by atomic mass is 35.5. The fourth-order valence-electron chi connectivity index (χ4n) is 1.94. The highest BCUT2D eigenvalue weighted by Gasteiger charge is 2.09. The summed E-state index contributed by atoms with van der Waals surface area (Å²) in [5, 5.41) is 0.639. The van der Waals surface area contributed by atoms with Crippen LogP contribution in [0.4, 0.5) is 5.95 Å². The third kappa shape index (κ3) is 2.76. The summed E-state index contributed by atoms with van der Waals surface area (Å²) in [4.78, 5) is 4.30. The Bertz CT molecular complexity index is 524. The number of para-hydroxylation sites is 1. The molecule has 0 spiro atoms. The van der Waals surface area contributed by atoms with Gasteiger partial charge in [-0.3, -0.25) is 0 Å². The smallest absolute Gasteiger partial charge is 0.201 e. The Kier molecular flexibility index (Phi) is 4.44. The van der Waals surface area contributed by atoms with Crippen LogP contribution in [0.5, 0.6) is 0 Å². The van der Waals surface area contributed by atoms with Crippen molar-refractivity contribution in [1.29, 1.82) is 0 Å². The van der Waals surface area contributed by atoms with Crippen molar-refractivity contribution in [3.05, 3.63) is 23.2 Å². The standard InChI is InChI=1S/C13H18ClN3O/c1-2-8-18-9-4-7-17-11-6-3-5-10(14)12(11)16-13(17)15/h3,5-6H,2,4,7-9H2,1H3,(H2,15,16). The first-order valence-corrected chi connectivity index (χ1v) is 6.59. The average Bonchev–Trinajstić information content (AvgIpc) is 2.68. The lowest BCUT2D eigenvalue weighted by molar-refractivity contribution is 0.129. The van der Waals surface area contributed by atoms with Crippen molar-refractivity contribution < 1.29 is 4.74 Å². The molecule has 98 valence electrons. The maximum atomic E-state index is 6.09. The number of fused-ring (bicyclic) bond motifs is 1. The van der Waals surface area contributed by atoms with Crippen LogP contribution in [0.3, 0.4) is 0 Å². The second kappa shape index (κ2) is 6.07. The van der Waals surface area contributed by atoms with Gasteiger partial charge in [0, 0.05) is 19.8 Å². The second-order valence-corrected chi connectivity index (χ2v) is 4.60. The zero-order valence-corrected chi connectivity index (χ0v) is 11.3. The largest absolute Gasteiger partial charge is 0.381 e. The van der Waals surface area contributed by atoms with Crippen LogP contribution in [-0.2, 0) is 11.3 Å². The number of ether oxygens (including phenoxy) is 1.